The smallest absolute Gasteiger partial charge is 0.202 e. The number of nitrogens with zero attached hydrogens (tertiary/aromatic N) is 1. The van der Waals surface area contributed by atoms with Gasteiger partial charge in [-0.25, -0.2) is 0 Å². The van der Waals surface area contributed by atoms with E-state index in [1.807, 2.05) is 4.90 Å². The summed E-state index contributed by atoms with van der Waals surface area (Å²) >= 11 is 0. The third-order valence-electron chi connectivity index (χ3n) is 2.96. The van der Waals surface area contributed by atoms with E-state index in [1.165, 1.54) is 6.08 Å². The van der Waals surface area contributed by atoms with Crippen molar-refractivity contribution in [1.82, 2.24) is 4.90 Å². The Morgan fingerprint density at radius 3 is 2.44 bits per heavy atom. The van der Waals surface area contributed by atoms with Crippen LogP contribution in [0.4, 0.5) is 0 Å². The zero-order valence-electron chi connectivity index (χ0n) is 9.58. The Morgan fingerprint density at radius 2 is 1.81 bits per heavy atom. The van der Waals surface area contributed by atoms with Crippen molar-refractivity contribution in [2.75, 3.05) is 26.3 Å². The molecule has 0 N–H and O–H groups in total. The molecule has 1 heterocycles. The highest BCUT2D eigenvalue weighted by molar-refractivity contribution is 6.21. The summed E-state index contributed by atoms with van der Waals surface area (Å²) in [6.07, 6.45) is 1.43. The molecule has 0 unspecified atom stereocenters. The fourth-order valence-electron chi connectivity index (χ4n) is 2.10. The zero-order valence-corrected chi connectivity index (χ0v) is 9.58. The Kier molecular flexibility index (Phi) is 2.92. The van der Waals surface area contributed by atoms with Crippen LogP contribution in [-0.2, 0) is 14.3 Å². The molecule has 1 saturated heterocycles. The molecule has 86 valence electrons. The van der Waals surface area contributed by atoms with Crippen LogP contribution in [0.1, 0.15) is 13.8 Å². The molecular formula is C12H15NO3. The van der Waals surface area contributed by atoms with Gasteiger partial charge in [-0.3, -0.25) is 9.59 Å². The van der Waals surface area contributed by atoms with Gasteiger partial charge in [0.1, 0.15) is 0 Å². The number of hydrogen-bond acceptors (Lipinski definition) is 4. The van der Waals surface area contributed by atoms with Crippen molar-refractivity contribution in [3.63, 3.8) is 0 Å². The minimum atomic E-state index is -0.0588. The summed E-state index contributed by atoms with van der Waals surface area (Å²) in [5.41, 5.74) is 1.64. The number of hydrogen-bond donors (Lipinski definition) is 0. The van der Waals surface area contributed by atoms with Crippen LogP contribution >= 0.6 is 0 Å². The summed E-state index contributed by atoms with van der Waals surface area (Å²) in [6, 6.07) is 0. The number of allylic oxidation sites excluding steroid dienone is 3. The number of morpholine rings is 1. The molecule has 1 fully saturated rings. The van der Waals surface area contributed by atoms with Gasteiger partial charge in [0.15, 0.2) is 5.78 Å². The second kappa shape index (κ2) is 4.22. The Hall–Kier alpha value is -1.42. The van der Waals surface area contributed by atoms with Crippen LogP contribution in [0.5, 0.6) is 0 Å². The summed E-state index contributed by atoms with van der Waals surface area (Å²) in [7, 11) is 0. The third-order valence-corrected chi connectivity index (χ3v) is 2.96. The normalized spacial score (nSPS) is 22.6. The molecular weight excluding hydrogens is 206 g/mol. The molecule has 1 aliphatic carbocycles. The number of carbonyl (C=O) groups excluding carboxylic acids is 2. The maximum absolute atomic E-state index is 11.9. The monoisotopic (exact) mass is 221 g/mol. The van der Waals surface area contributed by atoms with Crippen LogP contribution in [0.25, 0.3) is 0 Å². The SMILES string of the molecule is CC1=CC(=O)C(N2CCOCC2)=C(C)C1=O. The van der Waals surface area contributed by atoms with Crippen LogP contribution < -0.4 is 0 Å². The Morgan fingerprint density at radius 1 is 1.19 bits per heavy atom. The molecule has 2 aliphatic rings. The predicted molar refractivity (Wildman–Crippen MR) is 58.9 cm³/mol. The van der Waals surface area contributed by atoms with Crippen LogP contribution in [0.3, 0.4) is 0 Å². The molecule has 0 amide bonds. The van der Waals surface area contributed by atoms with Gasteiger partial charge in [-0.15, -0.1) is 0 Å². The highest BCUT2D eigenvalue weighted by Gasteiger charge is 2.28. The van der Waals surface area contributed by atoms with E-state index in [0.29, 0.717) is 43.1 Å². The summed E-state index contributed by atoms with van der Waals surface area (Å²) in [4.78, 5) is 25.6. The van der Waals surface area contributed by atoms with Crippen molar-refractivity contribution < 1.29 is 14.3 Å². The van der Waals surface area contributed by atoms with Gasteiger partial charge in [0.25, 0.3) is 0 Å². The van der Waals surface area contributed by atoms with Gasteiger partial charge in [0.05, 0.1) is 18.9 Å². The van der Waals surface area contributed by atoms with Crippen molar-refractivity contribution in [2.24, 2.45) is 0 Å². The van der Waals surface area contributed by atoms with Gasteiger partial charge in [0.2, 0.25) is 5.78 Å². The topological polar surface area (TPSA) is 46.6 Å². The molecule has 0 aromatic heterocycles. The van der Waals surface area contributed by atoms with E-state index in [1.54, 1.807) is 13.8 Å². The molecule has 2 rings (SSSR count). The first-order chi connectivity index (χ1) is 7.61. The van der Waals surface area contributed by atoms with Crippen LogP contribution in [0, 0.1) is 0 Å². The Bertz CT molecular complexity index is 400. The molecule has 16 heavy (non-hydrogen) atoms. The molecule has 0 radical (unpaired) electrons. The third kappa shape index (κ3) is 1.80. The minimum Gasteiger partial charge on any atom is -0.378 e. The van der Waals surface area contributed by atoms with E-state index in [2.05, 4.69) is 0 Å². The standard InChI is InChI=1S/C12H15NO3/c1-8-7-10(14)11(9(2)12(8)15)13-3-5-16-6-4-13/h7H,3-6H2,1-2H3. The lowest BCUT2D eigenvalue weighted by Gasteiger charge is -2.32. The van der Waals surface area contributed by atoms with Crippen molar-refractivity contribution in [3.05, 3.63) is 22.9 Å². The summed E-state index contributed by atoms with van der Waals surface area (Å²) in [5, 5.41) is 0. The van der Waals surface area contributed by atoms with Crippen molar-refractivity contribution in [1.29, 1.82) is 0 Å². The van der Waals surface area contributed by atoms with E-state index >= 15 is 0 Å². The van der Waals surface area contributed by atoms with Gasteiger partial charge in [0, 0.05) is 24.2 Å². The lowest BCUT2D eigenvalue weighted by atomic mass is 9.94. The van der Waals surface area contributed by atoms with Crippen LogP contribution in [0.15, 0.2) is 22.9 Å². The Labute approximate surface area is 94.6 Å². The van der Waals surface area contributed by atoms with Crippen molar-refractivity contribution in [3.8, 4) is 0 Å². The fourth-order valence-corrected chi connectivity index (χ4v) is 2.10. The van der Waals surface area contributed by atoms with Gasteiger partial charge < -0.3 is 9.64 Å². The summed E-state index contributed by atoms with van der Waals surface area (Å²) in [5.74, 6) is -0.0856. The van der Waals surface area contributed by atoms with Gasteiger partial charge >= 0.3 is 0 Å². The highest BCUT2D eigenvalue weighted by Crippen LogP contribution is 2.22. The molecule has 1 aliphatic heterocycles. The molecule has 0 bridgehead atoms. The van der Waals surface area contributed by atoms with E-state index < -0.39 is 0 Å². The second-order valence-electron chi connectivity index (χ2n) is 4.09. The highest BCUT2D eigenvalue weighted by atomic mass is 16.5. The quantitative estimate of drug-likeness (QED) is 0.611. The van der Waals surface area contributed by atoms with Crippen LogP contribution in [0.2, 0.25) is 0 Å². The average molecular weight is 221 g/mol. The van der Waals surface area contributed by atoms with E-state index in [-0.39, 0.29) is 11.6 Å². The molecule has 0 saturated carbocycles. The summed E-state index contributed by atoms with van der Waals surface area (Å²) < 4.78 is 5.23. The van der Waals surface area contributed by atoms with E-state index in [4.69, 9.17) is 4.74 Å². The number of Topliss-reactive ketones (excluding diaryl/α,β-unsaturated/α-hetero) is 1. The van der Waals surface area contributed by atoms with Crippen LogP contribution in [-0.4, -0.2) is 42.8 Å². The second-order valence-corrected chi connectivity index (χ2v) is 4.09. The number of ketones is 2. The lowest BCUT2D eigenvalue weighted by Crippen LogP contribution is -2.40. The molecule has 0 atom stereocenters. The number of rotatable bonds is 1. The van der Waals surface area contributed by atoms with E-state index in [0.717, 1.165) is 0 Å². The minimum absolute atomic E-state index is 0.0268. The maximum atomic E-state index is 11.9. The first-order valence-electron chi connectivity index (χ1n) is 5.42. The van der Waals surface area contributed by atoms with Gasteiger partial charge in [-0.1, -0.05) is 0 Å². The lowest BCUT2D eigenvalue weighted by molar-refractivity contribution is -0.117. The van der Waals surface area contributed by atoms with Gasteiger partial charge in [-0.2, -0.15) is 0 Å². The molecule has 4 heteroatoms. The van der Waals surface area contributed by atoms with E-state index in [9.17, 15) is 9.59 Å². The molecule has 0 aromatic rings. The molecule has 0 spiro atoms. The Balaban J connectivity index is 2.31. The molecule has 4 nitrogen and oxygen atoms in total. The first-order valence-corrected chi connectivity index (χ1v) is 5.42. The molecule has 0 aromatic carbocycles. The van der Waals surface area contributed by atoms with Crippen molar-refractivity contribution >= 4 is 11.6 Å². The van der Waals surface area contributed by atoms with Gasteiger partial charge in [-0.05, 0) is 19.9 Å². The zero-order chi connectivity index (χ0) is 11.7. The summed E-state index contributed by atoms with van der Waals surface area (Å²) in [6.45, 7) is 5.99. The maximum Gasteiger partial charge on any atom is 0.202 e. The number of carbonyl (C=O) groups is 2. The first kappa shape index (κ1) is 11.1. The average Bonchev–Trinajstić information content (AvgIpc) is 2.28. The van der Waals surface area contributed by atoms with Crippen molar-refractivity contribution in [2.45, 2.75) is 13.8 Å². The largest absolute Gasteiger partial charge is 0.378 e. The predicted octanol–water partition coefficient (Wildman–Crippen LogP) is 0.691. The number of ether oxygens (including phenoxy) is 1. The fraction of sp³-hybridized carbons (Fsp3) is 0.500.